The Labute approximate surface area is 156 Å². The number of carbonyl (C=O) groups is 1. The summed E-state index contributed by atoms with van der Waals surface area (Å²) in [5.41, 5.74) is 1.90. The molecule has 1 unspecified atom stereocenters. The smallest absolute Gasteiger partial charge is 0.229 e. The normalized spacial score (nSPS) is 12.1. The first-order valence-electron chi connectivity index (χ1n) is 8.16. The zero-order valence-corrected chi connectivity index (χ0v) is 15.6. The van der Waals surface area contributed by atoms with Gasteiger partial charge in [0.25, 0.3) is 0 Å². The van der Waals surface area contributed by atoms with Gasteiger partial charge in [-0.2, -0.15) is 5.10 Å². The van der Waals surface area contributed by atoms with Crippen molar-refractivity contribution in [2.24, 2.45) is 0 Å². The van der Waals surface area contributed by atoms with Gasteiger partial charge < -0.3 is 4.90 Å². The monoisotopic (exact) mass is 373 g/mol. The zero-order valence-electron chi connectivity index (χ0n) is 14.0. The van der Waals surface area contributed by atoms with Crippen molar-refractivity contribution in [3.8, 4) is 0 Å². The molecule has 4 nitrogen and oxygen atoms in total. The average Bonchev–Trinajstić information content (AvgIpc) is 3.28. The van der Waals surface area contributed by atoms with Crippen LogP contribution < -0.4 is 0 Å². The SMILES string of the molecule is CC(Cc1cccs1)N(Cc1ccc(Cl)cc1)C(=O)Cc1ccn[nH]1. The van der Waals surface area contributed by atoms with Crippen molar-refractivity contribution in [1.29, 1.82) is 0 Å². The van der Waals surface area contributed by atoms with E-state index in [1.54, 1.807) is 17.5 Å². The molecule has 0 radical (unpaired) electrons. The third-order valence-corrected chi connectivity index (χ3v) is 5.25. The number of hydrogen-bond acceptors (Lipinski definition) is 3. The van der Waals surface area contributed by atoms with E-state index in [2.05, 4.69) is 28.6 Å². The van der Waals surface area contributed by atoms with Crippen molar-refractivity contribution in [1.82, 2.24) is 15.1 Å². The lowest BCUT2D eigenvalue weighted by Gasteiger charge is -2.29. The van der Waals surface area contributed by atoms with Crippen LogP contribution in [0.5, 0.6) is 0 Å². The van der Waals surface area contributed by atoms with Crippen LogP contribution in [0.4, 0.5) is 0 Å². The minimum atomic E-state index is 0.0863. The van der Waals surface area contributed by atoms with Gasteiger partial charge in [0.2, 0.25) is 5.91 Å². The van der Waals surface area contributed by atoms with E-state index in [0.717, 1.165) is 17.7 Å². The summed E-state index contributed by atoms with van der Waals surface area (Å²) in [5, 5.41) is 9.56. The largest absolute Gasteiger partial charge is 0.335 e. The molecule has 1 amide bonds. The molecule has 0 aliphatic rings. The molecule has 2 heterocycles. The van der Waals surface area contributed by atoms with Gasteiger partial charge in [0.15, 0.2) is 0 Å². The second-order valence-corrected chi connectivity index (χ2v) is 7.51. The lowest BCUT2D eigenvalue weighted by atomic mass is 10.1. The van der Waals surface area contributed by atoms with Gasteiger partial charge in [0.05, 0.1) is 6.42 Å². The van der Waals surface area contributed by atoms with E-state index < -0.39 is 0 Å². The summed E-state index contributed by atoms with van der Waals surface area (Å²) in [6, 6.07) is 13.8. The number of thiophene rings is 1. The number of benzene rings is 1. The number of rotatable bonds is 7. The molecule has 25 heavy (non-hydrogen) atoms. The van der Waals surface area contributed by atoms with E-state index in [-0.39, 0.29) is 11.9 Å². The highest BCUT2D eigenvalue weighted by atomic mass is 35.5. The molecule has 0 fully saturated rings. The Kier molecular flexibility index (Phi) is 5.89. The van der Waals surface area contributed by atoms with Crippen molar-refractivity contribution >= 4 is 28.8 Å². The Bertz CT molecular complexity index is 785. The minimum absolute atomic E-state index is 0.0863. The summed E-state index contributed by atoms with van der Waals surface area (Å²) in [7, 11) is 0. The van der Waals surface area contributed by atoms with Crippen molar-refractivity contribution in [2.45, 2.75) is 32.4 Å². The molecule has 3 rings (SSSR count). The van der Waals surface area contributed by atoms with Gasteiger partial charge in [-0.1, -0.05) is 29.8 Å². The highest BCUT2D eigenvalue weighted by molar-refractivity contribution is 7.09. The number of halogens is 1. The van der Waals surface area contributed by atoms with Crippen LogP contribution in [-0.4, -0.2) is 27.0 Å². The molecule has 1 N–H and O–H groups in total. The van der Waals surface area contributed by atoms with Crippen LogP contribution >= 0.6 is 22.9 Å². The summed E-state index contributed by atoms with van der Waals surface area (Å²) < 4.78 is 0. The Balaban J connectivity index is 1.76. The zero-order chi connectivity index (χ0) is 17.6. The van der Waals surface area contributed by atoms with E-state index >= 15 is 0 Å². The summed E-state index contributed by atoms with van der Waals surface area (Å²) in [6.45, 7) is 2.66. The van der Waals surface area contributed by atoms with Gasteiger partial charge in [-0.3, -0.25) is 9.89 Å². The first-order chi connectivity index (χ1) is 12.1. The van der Waals surface area contributed by atoms with Crippen molar-refractivity contribution in [2.75, 3.05) is 0 Å². The Hall–Kier alpha value is -2.11. The fourth-order valence-electron chi connectivity index (χ4n) is 2.75. The van der Waals surface area contributed by atoms with Crippen LogP contribution in [0.15, 0.2) is 54.0 Å². The van der Waals surface area contributed by atoms with Gasteiger partial charge >= 0.3 is 0 Å². The van der Waals surface area contributed by atoms with Crippen LogP contribution in [0.2, 0.25) is 5.02 Å². The molecule has 2 aromatic heterocycles. The van der Waals surface area contributed by atoms with Crippen molar-refractivity contribution in [3.05, 3.63) is 75.2 Å². The van der Waals surface area contributed by atoms with Gasteiger partial charge in [-0.05, 0) is 42.1 Å². The number of amides is 1. The predicted octanol–water partition coefficient (Wildman–Crippen LogP) is 4.33. The van der Waals surface area contributed by atoms with Gasteiger partial charge in [-0.25, -0.2) is 0 Å². The number of nitrogens with one attached hydrogen (secondary N) is 1. The third kappa shape index (κ3) is 4.94. The average molecular weight is 374 g/mol. The van der Waals surface area contributed by atoms with E-state index in [1.807, 2.05) is 41.3 Å². The topological polar surface area (TPSA) is 49.0 Å². The molecule has 0 saturated heterocycles. The molecule has 0 aliphatic heterocycles. The molecule has 0 aliphatic carbocycles. The molecule has 0 saturated carbocycles. The maximum atomic E-state index is 12.9. The molecule has 0 spiro atoms. The first kappa shape index (κ1) is 17.7. The number of hydrogen-bond donors (Lipinski definition) is 1. The maximum Gasteiger partial charge on any atom is 0.229 e. The summed E-state index contributed by atoms with van der Waals surface area (Å²) in [4.78, 5) is 16.1. The Morgan fingerprint density at radius 3 is 2.72 bits per heavy atom. The van der Waals surface area contributed by atoms with Crippen LogP contribution in [-0.2, 0) is 24.2 Å². The molecule has 130 valence electrons. The first-order valence-corrected chi connectivity index (χ1v) is 9.42. The third-order valence-electron chi connectivity index (χ3n) is 4.10. The second-order valence-electron chi connectivity index (χ2n) is 6.04. The number of H-pyrrole nitrogens is 1. The summed E-state index contributed by atoms with van der Waals surface area (Å²) >= 11 is 7.70. The lowest BCUT2D eigenvalue weighted by Crippen LogP contribution is -2.40. The predicted molar refractivity (Wildman–Crippen MR) is 102 cm³/mol. The summed E-state index contributed by atoms with van der Waals surface area (Å²) in [6.07, 6.45) is 2.84. The van der Waals surface area contributed by atoms with Crippen LogP contribution in [0.25, 0.3) is 0 Å². The fourth-order valence-corrected chi connectivity index (χ4v) is 3.71. The van der Waals surface area contributed by atoms with Crippen molar-refractivity contribution in [3.63, 3.8) is 0 Å². The van der Waals surface area contributed by atoms with Crippen molar-refractivity contribution < 1.29 is 4.79 Å². The standard InChI is InChI=1S/C19H20ClN3OS/c1-14(11-18-3-2-10-25-18)23(13-15-4-6-16(20)7-5-15)19(24)12-17-8-9-21-22-17/h2-10,14H,11-13H2,1H3,(H,21,22). The molecule has 0 bridgehead atoms. The summed E-state index contributed by atoms with van der Waals surface area (Å²) in [5.74, 6) is 0.0863. The molecule has 6 heteroatoms. The minimum Gasteiger partial charge on any atom is -0.335 e. The van der Waals surface area contributed by atoms with E-state index in [1.165, 1.54) is 4.88 Å². The highest BCUT2D eigenvalue weighted by Gasteiger charge is 2.21. The van der Waals surface area contributed by atoms with Crippen LogP contribution in [0.3, 0.4) is 0 Å². The molecular weight excluding hydrogens is 354 g/mol. The number of aromatic nitrogens is 2. The number of aromatic amines is 1. The molecular formula is C19H20ClN3OS. The van der Waals surface area contributed by atoms with Gasteiger partial charge in [0.1, 0.15) is 0 Å². The molecule has 1 aromatic carbocycles. The van der Waals surface area contributed by atoms with E-state index in [4.69, 9.17) is 11.6 Å². The van der Waals surface area contributed by atoms with Gasteiger partial charge in [0, 0.05) is 40.8 Å². The molecule has 1 atom stereocenters. The van der Waals surface area contributed by atoms with Crippen LogP contribution in [0.1, 0.15) is 23.1 Å². The number of carbonyl (C=O) groups excluding carboxylic acids is 1. The van der Waals surface area contributed by atoms with E-state index in [0.29, 0.717) is 18.0 Å². The van der Waals surface area contributed by atoms with E-state index in [9.17, 15) is 4.79 Å². The second kappa shape index (κ2) is 8.32. The lowest BCUT2D eigenvalue weighted by molar-refractivity contribution is -0.133. The van der Waals surface area contributed by atoms with Gasteiger partial charge in [-0.15, -0.1) is 11.3 Å². The molecule has 3 aromatic rings. The fraction of sp³-hybridized carbons (Fsp3) is 0.263. The Morgan fingerprint density at radius 2 is 2.08 bits per heavy atom. The quantitative estimate of drug-likeness (QED) is 0.670. The number of nitrogens with zero attached hydrogens (tertiary/aromatic N) is 2. The maximum absolute atomic E-state index is 12.9. The van der Waals surface area contributed by atoms with Crippen LogP contribution in [0, 0.1) is 0 Å². The highest BCUT2D eigenvalue weighted by Crippen LogP contribution is 2.18. The Morgan fingerprint density at radius 1 is 1.28 bits per heavy atom.